The van der Waals surface area contributed by atoms with E-state index in [2.05, 4.69) is 21.7 Å². The molecule has 2 rings (SSSR count). The summed E-state index contributed by atoms with van der Waals surface area (Å²) in [5.74, 6) is -0.392. The standard InChI is InChI=1S/C19H18N6O2/c1-11(26)24-13-5-3-12(4-6-13)18-14(9-20)16(7-8-17(27)23-2)25-19(22)15(18)10-21/h3-6H,7-8H2,1-2H3,(H2,22,25)(H,23,27)(H,24,26). The molecule has 0 spiro atoms. The summed E-state index contributed by atoms with van der Waals surface area (Å²) in [7, 11) is 1.52. The Labute approximate surface area is 156 Å². The van der Waals surface area contributed by atoms with Crippen molar-refractivity contribution in [3.8, 4) is 23.3 Å². The molecular weight excluding hydrogens is 344 g/mol. The number of hydrogen-bond acceptors (Lipinski definition) is 6. The minimum atomic E-state index is -0.206. The van der Waals surface area contributed by atoms with Crippen LogP contribution in [0.15, 0.2) is 24.3 Å². The first-order valence-corrected chi connectivity index (χ1v) is 8.12. The van der Waals surface area contributed by atoms with Crippen LogP contribution in [0.3, 0.4) is 0 Å². The number of carbonyl (C=O) groups is 2. The zero-order valence-corrected chi connectivity index (χ0v) is 15.0. The Morgan fingerprint density at radius 2 is 1.78 bits per heavy atom. The summed E-state index contributed by atoms with van der Waals surface area (Å²) < 4.78 is 0. The lowest BCUT2D eigenvalue weighted by molar-refractivity contribution is -0.120. The van der Waals surface area contributed by atoms with Gasteiger partial charge in [0, 0.05) is 31.6 Å². The van der Waals surface area contributed by atoms with Crippen molar-refractivity contribution in [1.82, 2.24) is 10.3 Å². The van der Waals surface area contributed by atoms with Crippen LogP contribution in [-0.4, -0.2) is 23.8 Å². The largest absolute Gasteiger partial charge is 0.383 e. The van der Waals surface area contributed by atoms with Crippen molar-refractivity contribution in [3.63, 3.8) is 0 Å². The van der Waals surface area contributed by atoms with Gasteiger partial charge < -0.3 is 16.4 Å². The normalized spacial score (nSPS) is 9.78. The number of amides is 2. The van der Waals surface area contributed by atoms with Gasteiger partial charge in [-0.2, -0.15) is 10.5 Å². The third kappa shape index (κ3) is 4.39. The molecule has 2 amide bonds. The number of benzene rings is 1. The van der Waals surface area contributed by atoms with E-state index in [1.807, 2.05) is 6.07 Å². The van der Waals surface area contributed by atoms with Gasteiger partial charge in [-0.3, -0.25) is 9.59 Å². The molecule has 0 fully saturated rings. The number of nitrogen functional groups attached to an aromatic ring is 1. The molecule has 0 bridgehead atoms. The van der Waals surface area contributed by atoms with Gasteiger partial charge in [0.1, 0.15) is 23.5 Å². The van der Waals surface area contributed by atoms with E-state index in [0.717, 1.165) is 0 Å². The summed E-state index contributed by atoms with van der Waals surface area (Å²) in [6.45, 7) is 1.40. The number of nitrogens with two attached hydrogens (primary N) is 1. The molecule has 8 heteroatoms. The highest BCUT2D eigenvalue weighted by molar-refractivity contribution is 5.89. The van der Waals surface area contributed by atoms with E-state index in [9.17, 15) is 20.1 Å². The lowest BCUT2D eigenvalue weighted by Crippen LogP contribution is -2.18. The van der Waals surface area contributed by atoms with Crippen LogP contribution in [0.2, 0.25) is 0 Å². The Balaban J connectivity index is 2.58. The van der Waals surface area contributed by atoms with Crippen LogP contribution in [0.1, 0.15) is 30.2 Å². The monoisotopic (exact) mass is 362 g/mol. The van der Waals surface area contributed by atoms with Crippen LogP contribution in [0.4, 0.5) is 11.5 Å². The third-order valence-electron chi connectivity index (χ3n) is 3.89. The van der Waals surface area contributed by atoms with Crippen LogP contribution < -0.4 is 16.4 Å². The first kappa shape index (κ1) is 19.4. The second-order valence-corrected chi connectivity index (χ2v) is 5.72. The Morgan fingerprint density at radius 1 is 1.15 bits per heavy atom. The van der Waals surface area contributed by atoms with Crippen LogP contribution in [0.5, 0.6) is 0 Å². The summed E-state index contributed by atoms with van der Waals surface area (Å²) in [5, 5.41) is 24.3. The van der Waals surface area contributed by atoms with Gasteiger partial charge in [0.05, 0.1) is 11.3 Å². The molecule has 136 valence electrons. The van der Waals surface area contributed by atoms with Crippen LogP contribution in [0.25, 0.3) is 11.1 Å². The molecule has 0 radical (unpaired) electrons. The van der Waals surface area contributed by atoms with Crippen LogP contribution in [-0.2, 0) is 16.0 Å². The van der Waals surface area contributed by atoms with E-state index >= 15 is 0 Å². The molecule has 8 nitrogen and oxygen atoms in total. The number of nitrogens with zero attached hydrogens (tertiary/aromatic N) is 3. The molecule has 0 saturated heterocycles. The molecule has 1 aromatic carbocycles. The second-order valence-electron chi connectivity index (χ2n) is 5.72. The van der Waals surface area contributed by atoms with Gasteiger partial charge in [-0.15, -0.1) is 0 Å². The molecule has 4 N–H and O–H groups in total. The van der Waals surface area contributed by atoms with Gasteiger partial charge >= 0.3 is 0 Å². The predicted octanol–water partition coefficient (Wildman–Crippen LogP) is 1.71. The molecule has 0 saturated carbocycles. The van der Waals surface area contributed by atoms with Gasteiger partial charge in [0.15, 0.2) is 0 Å². The molecule has 2 aromatic rings. The number of pyridine rings is 1. The molecule has 0 aliphatic rings. The van der Waals surface area contributed by atoms with Crippen molar-refractivity contribution in [2.24, 2.45) is 0 Å². The fourth-order valence-corrected chi connectivity index (χ4v) is 2.64. The number of nitrogens with one attached hydrogen (secondary N) is 2. The predicted molar refractivity (Wildman–Crippen MR) is 100 cm³/mol. The number of aryl methyl sites for hydroxylation is 1. The number of aromatic nitrogens is 1. The Bertz CT molecular complexity index is 968. The number of carbonyl (C=O) groups excluding carboxylic acids is 2. The molecule has 0 atom stereocenters. The van der Waals surface area contributed by atoms with E-state index in [1.165, 1.54) is 14.0 Å². The molecule has 0 unspecified atom stereocenters. The SMILES string of the molecule is CNC(=O)CCc1nc(N)c(C#N)c(-c2ccc(NC(C)=O)cc2)c1C#N. The number of anilines is 2. The van der Waals surface area contributed by atoms with E-state index in [-0.39, 0.29) is 41.6 Å². The Kier molecular flexibility index (Phi) is 6.08. The highest BCUT2D eigenvalue weighted by atomic mass is 16.2. The van der Waals surface area contributed by atoms with E-state index < -0.39 is 0 Å². The summed E-state index contributed by atoms with van der Waals surface area (Å²) in [6, 6.07) is 10.8. The smallest absolute Gasteiger partial charge is 0.221 e. The second kappa shape index (κ2) is 8.45. The fourth-order valence-electron chi connectivity index (χ4n) is 2.64. The minimum Gasteiger partial charge on any atom is -0.383 e. The van der Waals surface area contributed by atoms with Crippen LogP contribution >= 0.6 is 0 Å². The van der Waals surface area contributed by atoms with Crippen molar-refractivity contribution >= 4 is 23.3 Å². The zero-order valence-electron chi connectivity index (χ0n) is 15.0. The maximum absolute atomic E-state index is 11.5. The maximum Gasteiger partial charge on any atom is 0.221 e. The van der Waals surface area contributed by atoms with Gasteiger partial charge in [-0.1, -0.05) is 12.1 Å². The van der Waals surface area contributed by atoms with Gasteiger partial charge in [-0.05, 0) is 24.1 Å². The average Bonchev–Trinajstić information content (AvgIpc) is 2.65. The first-order valence-electron chi connectivity index (χ1n) is 8.12. The van der Waals surface area contributed by atoms with Crippen LogP contribution in [0, 0.1) is 22.7 Å². The zero-order chi connectivity index (χ0) is 20.0. The van der Waals surface area contributed by atoms with E-state index in [1.54, 1.807) is 24.3 Å². The lowest BCUT2D eigenvalue weighted by atomic mass is 9.93. The van der Waals surface area contributed by atoms with Gasteiger partial charge in [-0.25, -0.2) is 4.98 Å². The quantitative estimate of drug-likeness (QED) is 0.738. The fraction of sp³-hybridized carbons (Fsp3) is 0.211. The Morgan fingerprint density at radius 3 is 2.30 bits per heavy atom. The summed E-state index contributed by atoms with van der Waals surface area (Å²) in [6.07, 6.45) is 0.361. The topological polar surface area (TPSA) is 145 Å². The van der Waals surface area contributed by atoms with Gasteiger partial charge in [0.25, 0.3) is 0 Å². The molecule has 0 aliphatic carbocycles. The molecular formula is C19H18N6O2. The van der Waals surface area contributed by atoms with Crippen molar-refractivity contribution in [2.45, 2.75) is 19.8 Å². The molecule has 27 heavy (non-hydrogen) atoms. The van der Waals surface area contributed by atoms with Crippen molar-refractivity contribution in [2.75, 3.05) is 18.1 Å². The average molecular weight is 362 g/mol. The van der Waals surface area contributed by atoms with Crippen molar-refractivity contribution in [1.29, 1.82) is 10.5 Å². The highest BCUT2D eigenvalue weighted by Gasteiger charge is 2.20. The van der Waals surface area contributed by atoms with E-state index in [0.29, 0.717) is 22.5 Å². The van der Waals surface area contributed by atoms with Crippen molar-refractivity contribution in [3.05, 3.63) is 41.1 Å². The maximum atomic E-state index is 11.5. The Hall–Kier alpha value is -3.91. The number of nitriles is 2. The number of rotatable bonds is 5. The van der Waals surface area contributed by atoms with Crippen molar-refractivity contribution < 1.29 is 9.59 Å². The lowest BCUT2D eigenvalue weighted by Gasteiger charge is -2.13. The molecule has 1 heterocycles. The highest BCUT2D eigenvalue weighted by Crippen LogP contribution is 2.33. The third-order valence-corrected chi connectivity index (χ3v) is 3.89. The minimum absolute atomic E-state index is 0.00402. The summed E-state index contributed by atoms with van der Waals surface area (Å²) in [4.78, 5) is 26.8. The first-order chi connectivity index (χ1) is 12.9. The molecule has 0 aliphatic heterocycles. The summed E-state index contributed by atoms with van der Waals surface area (Å²) in [5.41, 5.74) is 8.14. The molecule has 1 aromatic heterocycles. The number of hydrogen-bond donors (Lipinski definition) is 3. The van der Waals surface area contributed by atoms with Gasteiger partial charge in [0.2, 0.25) is 11.8 Å². The van der Waals surface area contributed by atoms with E-state index in [4.69, 9.17) is 5.73 Å². The summed E-state index contributed by atoms with van der Waals surface area (Å²) >= 11 is 0.